The van der Waals surface area contributed by atoms with E-state index in [2.05, 4.69) is 13.0 Å². The second-order valence-electron chi connectivity index (χ2n) is 2.78. The molecule has 0 spiro atoms. The summed E-state index contributed by atoms with van der Waals surface area (Å²) in [6, 6.07) is 0. The van der Waals surface area contributed by atoms with Gasteiger partial charge in [0.15, 0.2) is 0 Å². The first-order valence-corrected chi connectivity index (χ1v) is 4.47. The Kier molecular flexibility index (Phi) is 1.89. The van der Waals surface area contributed by atoms with Gasteiger partial charge < -0.3 is 0 Å². The molecule has 1 rings (SSSR count). The van der Waals surface area contributed by atoms with Gasteiger partial charge in [0.1, 0.15) is 0 Å². The number of allylic oxidation sites excluding steroid dienone is 2. The van der Waals surface area contributed by atoms with Crippen LogP contribution in [0.2, 0.25) is 0 Å². The summed E-state index contributed by atoms with van der Waals surface area (Å²) >= 11 is 0. The van der Waals surface area contributed by atoms with E-state index in [1.165, 1.54) is 29.5 Å². The topological polar surface area (TPSA) is 0 Å². The van der Waals surface area contributed by atoms with Gasteiger partial charge in [0, 0.05) is 10.2 Å². The summed E-state index contributed by atoms with van der Waals surface area (Å²) in [5.41, 5.74) is 0. The Morgan fingerprint density at radius 3 is 2.88 bits per heavy atom. The van der Waals surface area contributed by atoms with Crippen LogP contribution in [-0.4, -0.2) is 10.2 Å². The van der Waals surface area contributed by atoms with E-state index < -0.39 is 0 Å². The molecule has 1 heteroatoms. The molecule has 8 heavy (non-hydrogen) atoms. The van der Waals surface area contributed by atoms with Crippen LogP contribution >= 0.6 is 0 Å². The second-order valence-corrected chi connectivity index (χ2v) is 3.93. The Labute approximate surface area is 54.4 Å². The van der Waals surface area contributed by atoms with E-state index >= 15 is 0 Å². The van der Waals surface area contributed by atoms with Crippen LogP contribution in [0.15, 0.2) is 11.3 Å². The van der Waals surface area contributed by atoms with Gasteiger partial charge in [0.05, 0.1) is 0 Å². The Morgan fingerprint density at radius 2 is 2.50 bits per heavy atom. The van der Waals surface area contributed by atoms with Crippen molar-refractivity contribution in [3.05, 3.63) is 11.3 Å². The molecule has 0 aromatic heterocycles. The molecule has 0 fully saturated rings. The summed E-state index contributed by atoms with van der Waals surface area (Å²) in [6.07, 6.45) is 6.64. The van der Waals surface area contributed by atoms with Crippen LogP contribution < -0.4 is 0 Å². The zero-order valence-corrected chi connectivity index (χ0v) is 7.78. The molecule has 1 atom stereocenters. The third-order valence-corrected chi connectivity index (χ3v) is 3.48. The van der Waals surface area contributed by atoms with E-state index in [1.54, 1.807) is 5.20 Å². The molecule has 0 saturated carbocycles. The van der Waals surface area contributed by atoms with Crippen molar-refractivity contribution in [2.24, 2.45) is 5.92 Å². The largest absolute Gasteiger partial charge is 0.0929 e. The maximum atomic E-state index is 2.43. The number of rotatable bonds is 0. The van der Waals surface area contributed by atoms with Gasteiger partial charge in [-0.05, 0) is 25.2 Å². The molecule has 0 saturated heterocycles. The molecule has 1 unspecified atom stereocenters. The Hall–Kier alpha value is -0.0431. The smallest absolute Gasteiger partial charge is 0.0332 e. The zero-order chi connectivity index (χ0) is 5.98. The van der Waals surface area contributed by atoms with Gasteiger partial charge in [-0.3, -0.25) is 0 Å². The summed E-state index contributed by atoms with van der Waals surface area (Å²) in [4.78, 5) is 0. The molecule has 46 valence electrons. The molecular weight excluding hydrogens is 112 g/mol. The maximum Gasteiger partial charge on any atom is 0.0332 e. The summed E-state index contributed by atoms with van der Waals surface area (Å²) in [5.74, 6) is 0.926. The quantitative estimate of drug-likeness (QED) is 0.426. The van der Waals surface area contributed by atoms with Crippen LogP contribution in [0.4, 0.5) is 0 Å². The molecular formula is C7H14Si. The molecule has 0 aliphatic heterocycles. The monoisotopic (exact) mass is 126 g/mol. The van der Waals surface area contributed by atoms with E-state index in [1.807, 2.05) is 0 Å². The van der Waals surface area contributed by atoms with Crippen LogP contribution in [-0.2, 0) is 0 Å². The van der Waals surface area contributed by atoms with Crippen molar-refractivity contribution in [3.8, 4) is 0 Å². The summed E-state index contributed by atoms with van der Waals surface area (Å²) in [7, 11) is 1.30. The van der Waals surface area contributed by atoms with Gasteiger partial charge in [-0.15, -0.1) is 0 Å². The molecule has 0 aromatic carbocycles. The highest BCUT2D eigenvalue weighted by Crippen LogP contribution is 2.20. The summed E-state index contributed by atoms with van der Waals surface area (Å²) in [6.45, 7) is 2.35. The first-order chi connectivity index (χ1) is 3.80. The lowest BCUT2D eigenvalue weighted by Crippen LogP contribution is -2.03. The predicted molar refractivity (Wildman–Crippen MR) is 41.0 cm³/mol. The third kappa shape index (κ3) is 1.22. The second kappa shape index (κ2) is 2.49. The van der Waals surface area contributed by atoms with E-state index in [4.69, 9.17) is 0 Å². The van der Waals surface area contributed by atoms with Crippen LogP contribution in [0.25, 0.3) is 0 Å². The van der Waals surface area contributed by atoms with Gasteiger partial charge >= 0.3 is 0 Å². The average Bonchev–Trinajstić information content (AvgIpc) is 1.77. The fraction of sp³-hybridized carbons (Fsp3) is 0.714. The van der Waals surface area contributed by atoms with E-state index in [-0.39, 0.29) is 0 Å². The lowest BCUT2D eigenvalue weighted by Gasteiger charge is -2.16. The first kappa shape index (κ1) is 6.08. The lowest BCUT2D eigenvalue weighted by atomic mass is 9.98. The minimum atomic E-state index is 0.926. The van der Waals surface area contributed by atoms with Crippen molar-refractivity contribution < 1.29 is 0 Å². The highest BCUT2D eigenvalue weighted by molar-refractivity contribution is 6.21. The molecule has 0 heterocycles. The highest BCUT2D eigenvalue weighted by atomic mass is 28.1. The Morgan fingerprint density at radius 1 is 1.75 bits per heavy atom. The fourth-order valence-corrected chi connectivity index (χ4v) is 1.76. The molecule has 1 aliphatic carbocycles. The molecule has 0 N–H and O–H groups in total. The fourth-order valence-electron chi connectivity index (χ4n) is 1.18. The molecule has 0 amide bonds. The molecule has 0 bridgehead atoms. The molecule has 0 aromatic rings. The number of hydrogen-bond donors (Lipinski definition) is 0. The number of hydrogen-bond acceptors (Lipinski definition) is 0. The average molecular weight is 126 g/mol. The SMILES string of the molecule is CC1CCCC=C1[SiH3]. The Bertz CT molecular complexity index is 105. The standard InChI is InChI=1S/C7H14Si/c1-6-4-2-3-5-7(6)8/h5-6H,2-4H2,1,8H3. The minimum absolute atomic E-state index is 0.926. The Balaban J connectivity index is 2.53. The predicted octanol–water partition coefficient (Wildman–Crippen LogP) is 1.06. The minimum Gasteiger partial charge on any atom is -0.0929 e. The van der Waals surface area contributed by atoms with E-state index in [9.17, 15) is 0 Å². The first-order valence-electron chi connectivity index (χ1n) is 3.47. The molecule has 0 radical (unpaired) electrons. The van der Waals surface area contributed by atoms with Gasteiger partial charge in [0.25, 0.3) is 0 Å². The van der Waals surface area contributed by atoms with Gasteiger partial charge in [-0.1, -0.05) is 18.2 Å². The zero-order valence-electron chi connectivity index (χ0n) is 5.78. The van der Waals surface area contributed by atoms with Crippen molar-refractivity contribution >= 4 is 10.2 Å². The van der Waals surface area contributed by atoms with E-state index in [0.717, 1.165) is 5.92 Å². The van der Waals surface area contributed by atoms with Crippen LogP contribution in [0.5, 0.6) is 0 Å². The van der Waals surface area contributed by atoms with Crippen molar-refractivity contribution in [3.63, 3.8) is 0 Å². The van der Waals surface area contributed by atoms with Crippen molar-refractivity contribution in [1.29, 1.82) is 0 Å². The van der Waals surface area contributed by atoms with Crippen LogP contribution in [0.1, 0.15) is 26.2 Å². The van der Waals surface area contributed by atoms with Gasteiger partial charge in [-0.25, -0.2) is 0 Å². The van der Waals surface area contributed by atoms with Crippen LogP contribution in [0, 0.1) is 5.92 Å². The molecule has 0 nitrogen and oxygen atoms in total. The van der Waals surface area contributed by atoms with Gasteiger partial charge in [-0.2, -0.15) is 0 Å². The summed E-state index contributed by atoms with van der Waals surface area (Å²) in [5, 5.41) is 1.73. The summed E-state index contributed by atoms with van der Waals surface area (Å²) < 4.78 is 0. The van der Waals surface area contributed by atoms with Crippen molar-refractivity contribution in [2.75, 3.05) is 0 Å². The van der Waals surface area contributed by atoms with Crippen LogP contribution in [0.3, 0.4) is 0 Å². The maximum absolute atomic E-state index is 2.43. The highest BCUT2D eigenvalue weighted by Gasteiger charge is 2.06. The van der Waals surface area contributed by atoms with E-state index in [0.29, 0.717) is 0 Å². The van der Waals surface area contributed by atoms with Gasteiger partial charge in [0.2, 0.25) is 0 Å². The normalized spacial score (nSPS) is 30.1. The lowest BCUT2D eigenvalue weighted by molar-refractivity contribution is 0.574. The van der Waals surface area contributed by atoms with Crippen molar-refractivity contribution in [2.45, 2.75) is 26.2 Å². The third-order valence-electron chi connectivity index (χ3n) is 2.08. The van der Waals surface area contributed by atoms with Crippen molar-refractivity contribution in [1.82, 2.24) is 0 Å². The molecule has 1 aliphatic rings.